The van der Waals surface area contributed by atoms with Crippen LogP contribution in [0.2, 0.25) is 0 Å². The molecular formula is C29H41N7O2S. The van der Waals surface area contributed by atoms with E-state index in [1.54, 1.807) is 6.20 Å². The number of amides is 1. The van der Waals surface area contributed by atoms with Crippen molar-refractivity contribution in [1.29, 1.82) is 0 Å². The van der Waals surface area contributed by atoms with Gasteiger partial charge in [0.25, 0.3) is 0 Å². The molecular weight excluding hydrogens is 510 g/mol. The molecule has 3 atom stereocenters. The van der Waals surface area contributed by atoms with Crippen molar-refractivity contribution in [3.63, 3.8) is 0 Å². The molecule has 210 valence electrons. The number of pyridine rings is 1. The molecule has 2 saturated heterocycles. The number of allylic oxidation sites excluding steroid dienone is 1. The van der Waals surface area contributed by atoms with Crippen LogP contribution in [0.15, 0.2) is 51.6 Å². The minimum Gasteiger partial charge on any atom is -0.373 e. The number of carbonyl (C=O) groups excluding carboxylic acids is 1. The number of fused-ring (bicyclic) bond motifs is 1. The number of nitrogens with zero attached hydrogens (tertiary/aromatic N) is 6. The van der Waals surface area contributed by atoms with Crippen molar-refractivity contribution in [1.82, 2.24) is 25.1 Å². The maximum atomic E-state index is 12.6. The number of hydrogen-bond acceptors (Lipinski definition) is 8. The maximum Gasteiger partial charge on any atom is 0.249 e. The second kappa shape index (κ2) is 13.4. The fourth-order valence-corrected chi connectivity index (χ4v) is 5.83. The Morgan fingerprint density at radius 3 is 2.72 bits per heavy atom. The summed E-state index contributed by atoms with van der Waals surface area (Å²) < 4.78 is 5.91. The van der Waals surface area contributed by atoms with Gasteiger partial charge in [-0.15, -0.1) is 0 Å². The lowest BCUT2D eigenvalue weighted by atomic mass is 10.2. The zero-order valence-electron chi connectivity index (χ0n) is 24.0. The van der Waals surface area contributed by atoms with E-state index in [1.165, 1.54) is 16.9 Å². The van der Waals surface area contributed by atoms with E-state index in [2.05, 4.69) is 54.0 Å². The van der Waals surface area contributed by atoms with Crippen LogP contribution in [0.1, 0.15) is 54.4 Å². The summed E-state index contributed by atoms with van der Waals surface area (Å²) in [6.07, 6.45) is 7.75. The van der Waals surface area contributed by atoms with Crippen LogP contribution in [0.3, 0.4) is 0 Å². The van der Waals surface area contributed by atoms with Crippen molar-refractivity contribution in [3.8, 4) is 0 Å². The van der Waals surface area contributed by atoms with Crippen LogP contribution in [-0.2, 0) is 9.53 Å². The Morgan fingerprint density at radius 1 is 1.26 bits per heavy atom. The lowest BCUT2D eigenvalue weighted by Crippen LogP contribution is -2.46. The van der Waals surface area contributed by atoms with Crippen LogP contribution in [0, 0.1) is 0 Å². The standard InChI is InChI=1S/C29H41N7O2S/c1-7-20(4)28(37)36-13-11-23(18-36)31-25(8-2)33-26(34-29-32-24-10-9-12-30-27(24)39-29)14-19(3)15-35-16-21(5)38-22(6)17-35/h7,9-10,12,14,21-23H,8,11,13,15-18H2,1-6H3,(H,31,32,33,34)/b19-14+,20-7?. The Kier molecular flexibility index (Phi) is 9.99. The predicted molar refractivity (Wildman–Crippen MR) is 160 cm³/mol. The lowest BCUT2D eigenvalue weighted by molar-refractivity contribution is -0.126. The molecule has 3 unspecified atom stereocenters. The highest BCUT2D eigenvalue weighted by Crippen LogP contribution is 2.26. The molecule has 0 bridgehead atoms. The Morgan fingerprint density at radius 2 is 2.03 bits per heavy atom. The number of hydrogen-bond donors (Lipinski definition) is 1. The van der Waals surface area contributed by atoms with Crippen LogP contribution in [-0.4, -0.2) is 88.3 Å². The molecule has 9 nitrogen and oxygen atoms in total. The maximum absolute atomic E-state index is 12.6. The monoisotopic (exact) mass is 551 g/mol. The molecule has 39 heavy (non-hydrogen) atoms. The van der Waals surface area contributed by atoms with Gasteiger partial charge in [-0.3, -0.25) is 14.7 Å². The normalized spacial score (nSPS) is 24.1. The molecule has 0 saturated carbocycles. The number of likely N-dealkylation sites (tertiary alicyclic amines) is 1. The number of amidine groups is 2. The second-order valence-electron chi connectivity index (χ2n) is 10.5. The van der Waals surface area contributed by atoms with Crippen molar-refractivity contribution in [2.75, 3.05) is 32.7 Å². The number of aromatic nitrogens is 2. The average molecular weight is 552 g/mol. The number of thiazole rings is 1. The average Bonchev–Trinajstić information content (AvgIpc) is 3.53. The van der Waals surface area contributed by atoms with Gasteiger partial charge in [0.05, 0.1) is 18.2 Å². The Bertz CT molecular complexity index is 1240. The Labute approximate surface area is 235 Å². The molecule has 0 aliphatic carbocycles. The van der Waals surface area contributed by atoms with Crippen LogP contribution in [0.4, 0.5) is 5.13 Å². The van der Waals surface area contributed by atoms with Crippen molar-refractivity contribution in [2.45, 2.75) is 72.6 Å². The molecule has 0 spiro atoms. The number of ether oxygens (including phenoxy) is 1. The second-order valence-corrected chi connectivity index (χ2v) is 11.4. The fourth-order valence-electron chi connectivity index (χ4n) is 5.04. The summed E-state index contributed by atoms with van der Waals surface area (Å²) >= 11 is 1.47. The van der Waals surface area contributed by atoms with Gasteiger partial charge in [0.2, 0.25) is 11.0 Å². The first-order valence-corrected chi connectivity index (χ1v) is 14.7. The Balaban J connectivity index is 1.55. The van der Waals surface area contributed by atoms with Crippen molar-refractivity contribution < 1.29 is 9.53 Å². The largest absolute Gasteiger partial charge is 0.373 e. The van der Waals surface area contributed by atoms with Gasteiger partial charge in [-0.25, -0.2) is 15.0 Å². The Hall–Kier alpha value is -2.95. The molecule has 2 aromatic heterocycles. The van der Waals surface area contributed by atoms with Gasteiger partial charge in [-0.05, 0) is 59.2 Å². The van der Waals surface area contributed by atoms with E-state index >= 15 is 0 Å². The highest BCUT2D eigenvalue weighted by Gasteiger charge is 2.27. The zero-order chi connectivity index (χ0) is 27.9. The van der Waals surface area contributed by atoms with E-state index in [-0.39, 0.29) is 24.2 Å². The number of morpholine rings is 1. The van der Waals surface area contributed by atoms with Crippen LogP contribution < -0.4 is 5.32 Å². The van der Waals surface area contributed by atoms with Crippen molar-refractivity contribution in [3.05, 3.63) is 41.6 Å². The fraction of sp³-hybridized carbons (Fsp3) is 0.552. The van der Waals surface area contributed by atoms with E-state index in [0.717, 1.165) is 60.8 Å². The highest BCUT2D eigenvalue weighted by atomic mass is 32.1. The summed E-state index contributed by atoms with van der Waals surface area (Å²) in [7, 11) is 0. The van der Waals surface area contributed by atoms with Gasteiger partial charge in [0.15, 0.2) is 0 Å². The van der Waals surface area contributed by atoms with Crippen LogP contribution >= 0.6 is 11.3 Å². The SMILES string of the molecule is CC=C(C)C(=O)N1CCC(N=C(CC)NC(/C=C(\C)CN2CC(C)OC(C)C2)=Nc2nc3cccnc3s2)C1. The van der Waals surface area contributed by atoms with Gasteiger partial charge < -0.3 is 15.0 Å². The first kappa shape index (κ1) is 29.0. The summed E-state index contributed by atoms with van der Waals surface area (Å²) in [5.74, 6) is 1.66. The molecule has 1 amide bonds. The van der Waals surface area contributed by atoms with E-state index in [0.29, 0.717) is 17.5 Å². The van der Waals surface area contributed by atoms with E-state index < -0.39 is 0 Å². The molecule has 0 radical (unpaired) electrons. The summed E-state index contributed by atoms with van der Waals surface area (Å²) in [6.45, 7) is 16.2. The molecule has 1 N–H and O–H groups in total. The molecule has 2 fully saturated rings. The third-order valence-corrected chi connectivity index (χ3v) is 7.76. The summed E-state index contributed by atoms with van der Waals surface area (Å²) in [5, 5.41) is 4.15. The van der Waals surface area contributed by atoms with Gasteiger partial charge in [0.1, 0.15) is 22.0 Å². The molecule has 0 aromatic carbocycles. The van der Waals surface area contributed by atoms with E-state index in [1.807, 2.05) is 37.0 Å². The molecule has 2 aliphatic rings. The van der Waals surface area contributed by atoms with E-state index in [9.17, 15) is 4.79 Å². The van der Waals surface area contributed by atoms with Gasteiger partial charge >= 0.3 is 0 Å². The lowest BCUT2D eigenvalue weighted by Gasteiger charge is -2.35. The van der Waals surface area contributed by atoms with Gasteiger partial charge in [0, 0.05) is 50.9 Å². The minimum atomic E-state index is 0.0651. The third kappa shape index (κ3) is 8.03. The van der Waals surface area contributed by atoms with Crippen molar-refractivity contribution in [2.24, 2.45) is 9.98 Å². The first-order valence-electron chi connectivity index (χ1n) is 13.8. The summed E-state index contributed by atoms with van der Waals surface area (Å²) in [5.41, 5.74) is 2.81. The van der Waals surface area contributed by atoms with E-state index in [4.69, 9.17) is 14.7 Å². The minimum absolute atomic E-state index is 0.0651. The smallest absolute Gasteiger partial charge is 0.249 e. The van der Waals surface area contributed by atoms with Crippen molar-refractivity contribution >= 4 is 44.4 Å². The molecule has 2 aliphatic heterocycles. The number of carbonyl (C=O) groups is 1. The number of nitrogens with one attached hydrogen (secondary N) is 1. The zero-order valence-corrected chi connectivity index (χ0v) is 24.8. The number of rotatable bonds is 7. The highest BCUT2D eigenvalue weighted by molar-refractivity contribution is 7.21. The van der Waals surface area contributed by atoms with Crippen LogP contribution in [0.25, 0.3) is 10.3 Å². The molecule has 2 aromatic rings. The predicted octanol–water partition coefficient (Wildman–Crippen LogP) is 4.74. The number of aliphatic imine (C=N–C) groups is 2. The van der Waals surface area contributed by atoms with Gasteiger partial charge in [-0.2, -0.15) is 0 Å². The molecule has 4 rings (SSSR count). The summed E-state index contributed by atoms with van der Waals surface area (Å²) in [4.78, 5) is 36.8. The third-order valence-electron chi connectivity index (χ3n) is 6.89. The molecule has 10 heteroatoms. The topological polar surface area (TPSA) is 95.3 Å². The van der Waals surface area contributed by atoms with Crippen LogP contribution in [0.5, 0.6) is 0 Å². The quantitative estimate of drug-likeness (QED) is 0.303. The first-order chi connectivity index (χ1) is 18.7. The summed E-state index contributed by atoms with van der Waals surface area (Å²) in [6, 6.07) is 3.91. The van der Waals surface area contributed by atoms with Gasteiger partial charge in [-0.1, -0.05) is 29.9 Å². The molecule has 4 heterocycles.